The summed E-state index contributed by atoms with van der Waals surface area (Å²) in [6, 6.07) is -0.237. The van der Waals surface area contributed by atoms with E-state index in [0.717, 1.165) is 12.8 Å². The number of nitrogens with two attached hydrogens (primary N) is 1. The smallest absolute Gasteiger partial charge is 0.149 e. The van der Waals surface area contributed by atoms with Crippen molar-refractivity contribution < 1.29 is 4.79 Å². The van der Waals surface area contributed by atoms with Crippen LogP contribution in [-0.2, 0) is 4.79 Å². The van der Waals surface area contributed by atoms with Crippen molar-refractivity contribution in [3.63, 3.8) is 0 Å². The molecular formula is C18H37NO. The van der Waals surface area contributed by atoms with E-state index < -0.39 is 0 Å². The Morgan fingerprint density at radius 2 is 1.30 bits per heavy atom. The first-order chi connectivity index (χ1) is 9.63. The van der Waals surface area contributed by atoms with Gasteiger partial charge < -0.3 is 5.73 Å². The number of ketones is 1. The minimum atomic E-state index is -0.237. The van der Waals surface area contributed by atoms with E-state index in [1.54, 1.807) is 0 Å². The normalized spacial score (nSPS) is 14.2. The third-order valence-corrected chi connectivity index (χ3v) is 4.41. The molecule has 0 rings (SSSR count). The van der Waals surface area contributed by atoms with E-state index in [1.165, 1.54) is 57.8 Å². The predicted octanol–water partition coefficient (Wildman–Crippen LogP) is 5.24. The summed E-state index contributed by atoms with van der Waals surface area (Å²) in [4.78, 5) is 11.9. The molecule has 0 bridgehead atoms. The fourth-order valence-electron chi connectivity index (χ4n) is 2.52. The quantitative estimate of drug-likeness (QED) is 0.443. The number of Topliss-reactive ketones (excluding diaryl/α,β-unsaturated/α-hetero) is 1. The molecule has 20 heavy (non-hydrogen) atoms. The molecule has 0 amide bonds. The van der Waals surface area contributed by atoms with Gasteiger partial charge in [-0.15, -0.1) is 0 Å². The van der Waals surface area contributed by atoms with Gasteiger partial charge >= 0.3 is 0 Å². The van der Waals surface area contributed by atoms with Crippen molar-refractivity contribution in [3.8, 4) is 0 Å². The Labute approximate surface area is 126 Å². The van der Waals surface area contributed by atoms with Gasteiger partial charge in [-0.05, 0) is 12.3 Å². The van der Waals surface area contributed by atoms with Crippen LogP contribution in [0.15, 0.2) is 0 Å². The Hall–Kier alpha value is -0.370. The number of rotatable bonds is 14. The van der Waals surface area contributed by atoms with E-state index in [-0.39, 0.29) is 11.8 Å². The van der Waals surface area contributed by atoms with Crippen molar-refractivity contribution in [2.24, 2.45) is 11.7 Å². The maximum absolute atomic E-state index is 11.9. The van der Waals surface area contributed by atoms with Gasteiger partial charge in [0.05, 0.1) is 6.04 Å². The third-order valence-electron chi connectivity index (χ3n) is 4.41. The van der Waals surface area contributed by atoms with Crippen LogP contribution in [0.4, 0.5) is 0 Å². The SMILES string of the molecule is CCCCCCCCCCCCC(=O)C(N)C(C)CC. The molecule has 2 nitrogen and oxygen atoms in total. The Bertz CT molecular complexity index is 227. The van der Waals surface area contributed by atoms with Crippen LogP contribution < -0.4 is 5.73 Å². The zero-order valence-electron chi connectivity index (χ0n) is 14.1. The maximum Gasteiger partial charge on any atom is 0.149 e. The molecule has 0 saturated carbocycles. The summed E-state index contributed by atoms with van der Waals surface area (Å²) in [5.41, 5.74) is 5.94. The molecule has 0 radical (unpaired) electrons. The minimum absolute atomic E-state index is 0.237. The van der Waals surface area contributed by atoms with Gasteiger partial charge in [0.1, 0.15) is 5.78 Å². The van der Waals surface area contributed by atoms with Gasteiger partial charge in [-0.2, -0.15) is 0 Å². The molecule has 0 saturated heterocycles. The van der Waals surface area contributed by atoms with E-state index in [2.05, 4.69) is 20.8 Å². The van der Waals surface area contributed by atoms with Crippen LogP contribution in [0.5, 0.6) is 0 Å². The van der Waals surface area contributed by atoms with Crippen molar-refractivity contribution >= 4 is 5.78 Å². The van der Waals surface area contributed by atoms with Crippen LogP contribution in [0.2, 0.25) is 0 Å². The first-order valence-corrected chi connectivity index (χ1v) is 8.91. The zero-order valence-corrected chi connectivity index (χ0v) is 14.1. The number of hydrogen-bond donors (Lipinski definition) is 1. The lowest BCUT2D eigenvalue weighted by atomic mass is 9.93. The summed E-state index contributed by atoms with van der Waals surface area (Å²) in [6.07, 6.45) is 14.8. The summed E-state index contributed by atoms with van der Waals surface area (Å²) in [5.74, 6) is 0.588. The molecule has 0 aromatic heterocycles. The maximum atomic E-state index is 11.9. The van der Waals surface area contributed by atoms with Gasteiger partial charge in [0.25, 0.3) is 0 Å². The first kappa shape index (κ1) is 19.6. The monoisotopic (exact) mass is 283 g/mol. The van der Waals surface area contributed by atoms with E-state index in [1.807, 2.05) is 0 Å². The molecular weight excluding hydrogens is 246 g/mol. The highest BCUT2D eigenvalue weighted by molar-refractivity contribution is 5.83. The average molecular weight is 284 g/mol. The molecule has 0 heterocycles. The highest BCUT2D eigenvalue weighted by Gasteiger charge is 2.18. The fraction of sp³-hybridized carbons (Fsp3) is 0.944. The summed E-state index contributed by atoms with van der Waals surface area (Å²) >= 11 is 0. The number of carbonyl (C=O) groups is 1. The largest absolute Gasteiger partial charge is 0.321 e. The molecule has 2 atom stereocenters. The van der Waals surface area contributed by atoms with Gasteiger partial charge in [-0.3, -0.25) is 4.79 Å². The topological polar surface area (TPSA) is 43.1 Å². The van der Waals surface area contributed by atoms with Crippen LogP contribution in [0.3, 0.4) is 0 Å². The lowest BCUT2D eigenvalue weighted by Gasteiger charge is -2.16. The third kappa shape index (κ3) is 10.4. The summed E-state index contributed by atoms with van der Waals surface area (Å²) < 4.78 is 0. The van der Waals surface area contributed by atoms with E-state index >= 15 is 0 Å². The van der Waals surface area contributed by atoms with Crippen LogP contribution in [-0.4, -0.2) is 11.8 Å². The van der Waals surface area contributed by atoms with Crippen molar-refractivity contribution in [1.82, 2.24) is 0 Å². The highest BCUT2D eigenvalue weighted by atomic mass is 16.1. The molecule has 2 unspecified atom stereocenters. The Kier molecular flexibility index (Phi) is 13.4. The molecule has 0 aromatic rings. The summed E-state index contributed by atoms with van der Waals surface area (Å²) in [5, 5.41) is 0. The van der Waals surface area contributed by atoms with Crippen molar-refractivity contribution in [1.29, 1.82) is 0 Å². The molecule has 0 fully saturated rings. The van der Waals surface area contributed by atoms with E-state index in [0.29, 0.717) is 12.3 Å². The lowest BCUT2D eigenvalue weighted by molar-refractivity contribution is -0.121. The van der Waals surface area contributed by atoms with Crippen LogP contribution in [0.25, 0.3) is 0 Å². The fourth-order valence-corrected chi connectivity index (χ4v) is 2.52. The van der Waals surface area contributed by atoms with Crippen LogP contribution in [0, 0.1) is 5.92 Å². The van der Waals surface area contributed by atoms with Gasteiger partial charge in [0, 0.05) is 6.42 Å². The first-order valence-electron chi connectivity index (χ1n) is 8.91. The molecule has 0 aromatic carbocycles. The molecule has 120 valence electrons. The van der Waals surface area contributed by atoms with E-state index in [4.69, 9.17) is 5.73 Å². The van der Waals surface area contributed by atoms with Crippen LogP contribution in [0.1, 0.15) is 97.8 Å². The van der Waals surface area contributed by atoms with Crippen molar-refractivity contribution in [3.05, 3.63) is 0 Å². The second kappa shape index (κ2) is 13.6. The molecule has 0 aliphatic rings. The Morgan fingerprint density at radius 1 is 0.850 bits per heavy atom. The van der Waals surface area contributed by atoms with Crippen molar-refractivity contribution in [2.75, 3.05) is 0 Å². The van der Waals surface area contributed by atoms with Gasteiger partial charge in [-0.25, -0.2) is 0 Å². The zero-order chi connectivity index (χ0) is 15.2. The number of hydrogen-bond acceptors (Lipinski definition) is 2. The molecule has 0 spiro atoms. The van der Waals surface area contributed by atoms with E-state index in [9.17, 15) is 4.79 Å². The molecule has 0 aliphatic heterocycles. The van der Waals surface area contributed by atoms with Gasteiger partial charge in [0.2, 0.25) is 0 Å². The van der Waals surface area contributed by atoms with Crippen LogP contribution >= 0.6 is 0 Å². The highest BCUT2D eigenvalue weighted by Crippen LogP contribution is 2.13. The Morgan fingerprint density at radius 3 is 1.75 bits per heavy atom. The predicted molar refractivity (Wildman–Crippen MR) is 88.9 cm³/mol. The standard InChI is InChI=1S/C18H37NO/c1-4-6-7-8-9-10-11-12-13-14-15-17(20)18(19)16(3)5-2/h16,18H,4-15,19H2,1-3H3. The minimum Gasteiger partial charge on any atom is -0.321 e. The number of unbranched alkanes of at least 4 members (excludes halogenated alkanes) is 9. The van der Waals surface area contributed by atoms with Gasteiger partial charge in [-0.1, -0.05) is 85.0 Å². The summed E-state index contributed by atoms with van der Waals surface area (Å²) in [6.45, 7) is 6.42. The lowest BCUT2D eigenvalue weighted by Crippen LogP contribution is -2.36. The average Bonchev–Trinajstić information content (AvgIpc) is 2.47. The van der Waals surface area contributed by atoms with Crippen molar-refractivity contribution in [2.45, 2.75) is 104 Å². The summed E-state index contributed by atoms with van der Waals surface area (Å²) in [7, 11) is 0. The Balaban J connectivity index is 3.33. The molecule has 2 heteroatoms. The second-order valence-electron chi connectivity index (χ2n) is 6.31. The second-order valence-corrected chi connectivity index (χ2v) is 6.31. The number of carbonyl (C=O) groups excluding carboxylic acids is 1. The molecule has 2 N–H and O–H groups in total. The van der Waals surface area contributed by atoms with Gasteiger partial charge in [0.15, 0.2) is 0 Å². The molecule has 0 aliphatic carbocycles.